The third-order valence-electron chi connectivity index (χ3n) is 3.37. The van der Waals surface area contributed by atoms with Gasteiger partial charge in [0.1, 0.15) is 6.61 Å². The molecule has 1 aromatic carbocycles. The third-order valence-corrected chi connectivity index (χ3v) is 3.37. The van der Waals surface area contributed by atoms with Crippen LogP contribution in [-0.4, -0.2) is 13.7 Å². The van der Waals surface area contributed by atoms with Crippen LogP contribution in [0.25, 0.3) is 0 Å². The van der Waals surface area contributed by atoms with E-state index in [0.717, 1.165) is 30.8 Å². The number of ether oxygens (including phenoxy) is 2. The molecule has 2 nitrogen and oxygen atoms in total. The lowest BCUT2D eigenvalue weighted by atomic mass is 10.1. The van der Waals surface area contributed by atoms with Gasteiger partial charge in [0.25, 0.3) is 0 Å². The van der Waals surface area contributed by atoms with E-state index in [0.29, 0.717) is 6.61 Å². The molecule has 22 heavy (non-hydrogen) atoms. The van der Waals surface area contributed by atoms with Crippen LogP contribution in [0.15, 0.2) is 54.2 Å². The van der Waals surface area contributed by atoms with Gasteiger partial charge in [0, 0.05) is 0 Å². The normalized spacial score (nSPS) is 11.0. The molecule has 1 aromatic rings. The monoisotopic (exact) mass is 300 g/mol. The number of rotatable bonds is 9. The zero-order chi connectivity index (χ0) is 16.4. The second kappa shape index (κ2) is 9.88. The number of methoxy groups -OCH3 is 1. The molecule has 0 aliphatic carbocycles. The number of benzene rings is 1. The Morgan fingerprint density at radius 1 is 1.14 bits per heavy atom. The van der Waals surface area contributed by atoms with Crippen molar-refractivity contribution in [2.75, 3.05) is 13.7 Å². The average molecular weight is 300 g/mol. The molecule has 0 saturated carbocycles. The Labute approximate surface area is 135 Å². The maximum absolute atomic E-state index is 5.82. The van der Waals surface area contributed by atoms with Crippen LogP contribution >= 0.6 is 0 Å². The maximum Gasteiger partial charge on any atom is 0.161 e. The molecule has 0 amide bonds. The summed E-state index contributed by atoms with van der Waals surface area (Å²) in [4.78, 5) is 0. The average Bonchev–Trinajstić information content (AvgIpc) is 2.48. The van der Waals surface area contributed by atoms with E-state index < -0.39 is 0 Å². The van der Waals surface area contributed by atoms with E-state index in [4.69, 9.17) is 9.47 Å². The Balaban J connectivity index is 2.56. The molecule has 120 valence electrons. The van der Waals surface area contributed by atoms with Crippen molar-refractivity contribution in [2.45, 2.75) is 40.0 Å². The number of allylic oxidation sites excluding steroid dienone is 4. The van der Waals surface area contributed by atoms with Crippen molar-refractivity contribution in [1.82, 2.24) is 0 Å². The van der Waals surface area contributed by atoms with Gasteiger partial charge in [-0.2, -0.15) is 0 Å². The first-order valence-corrected chi connectivity index (χ1v) is 7.76. The molecule has 0 N–H and O–H groups in total. The van der Waals surface area contributed by atoms with Gasteiger partial charge < -0.3 is 9.47 Å². The maximum atomic E-state index is 5.82. The molecule has 0 heterocycles. The quantitative estimate of drug-likeness (QED) is 0.561. The Kier molecular flexibility index (Phi) is 8.13. The van der Waals surface area contributed by atoms with Gasteiger partial charge in [0.05, 0.1) is 7.11 Å². The van der Waals surface area contributed by atoms with Crippen molar-refractivity contribution >= 4 is 0 Å². The fourth-order valence-electron chi connectivity index (χ4n) is 2.09. The van der Waals surface area contributed by atoms with E-state index in [-0.39, 0.29) is 0 Å². The Morgan fingerprint density at radius 2 is 1.91 bits per heavy atom. The molecule has 2 heteroatoms. The van der Waals surface area contributed by atoms with Crippen LogP contribution in [0.1, 0.15) is 39.2 Å². The Hall–Kier alpha value is -1.96. The fraction of sp³-hybridized carbons (Fsp3) is 0.400. The van der Waals surface area contributed by atoms with Gasteiger partial charge in [-0.25, -0.2) is 0 Å². The summed E-state index contributed by atoms with van der Waals surface area (Å²) in [7, 11) is 1.67. The lowest BCUT2D eigenvalue weighted by molar-refractivity contribution is 0.325. The SMILES string of the molecule is C=CCc1ccc(OC/C=C(/C)CCC=C(C)C)c(OC)c1. The van der Waals surface area contributed by atoms with Crippen LogP contribution in [0.5, 0.6) is 11.5 Å². The van der Waals surface area contributed by atoms with Crippen LogP contribution < -0.4 is 9.47 Å². The summed E-state index contributed by atoms with van der Waals surface area (Å²) in [6, 6.07) is 6.01. The van der Waals surface area contributed by atoms with Crippen molar-refractivity contribution in [3.63, 3.8) is 0 Å². The summed E-state index contributed by atoms with van der Waals surface area (Å²) in [6.07, 6.45) is 9.28. The Bertz CT molecular complexity index is 535. The highest BCUT2D eigenvalue weighted by atomic mass is 16.5. The minimum atomic E-state index is 0.567. The van der Waals surface area contributed by atoms with Gasteiger partial charge in [-0.15, -0.1) is 6.58 Å². The second-order valence-electron chi connectivity index (χ2n) is 5.66. The van der Waals surface area contributed by atoms with Crippen molar-refractivity contribution < 1.29 is 9.47 Å². The van der Waals surface area contributed by atoms with E-state index in [2.05, 4.69) is 39.5 Å². The van der Waals surface area contributed by atoms with Gasteiger partial charge in [0.15, 0.2) is 11.5 Å². The molecule has 0 radical (unpaired) electrons. The fourth-order valence-corrected chi connectivity index (χ4v) is 2.09. The molecule has 0 aliphatic rings. The smallest absolute Gasteiger partial charge is 0.161 e. The summed E-state index contributed by atoms with van der Waals surface area (Å²) >= 11 is 0. The summed E-state index contributed by atoms with van der Waals surface area (Å²) < 4.78 is 11.2. The zero-order valence-corrected chi connectivity index (χ0v) is 14.3. The largest absolute Gasteiger partial charge is 0.493 e. The zero-order valence-electron chi connectivity index (χ0n) is 14.3. The van der Waals surface area contributed by atoms with E-state index >= 15 is 0 Å². The molecule has 0 bridgehead atoms. The third kappa shape index (κ3) is 6.66. The first kappa shape index (κ1) is 18.1. The molecule has 0 unspecified atom stereocenters. The standard InChI is InChI=1S/C20H28O2/c1-6-8-18-11-12-19(20(15-18)21-5)22-14-13-17(4)10-7-9-16(2)3/h6,9,11-13,15H,1,7-8,10,14H2,2-5H3/b17-13-. The summed E-state index contributed by atoms with van der Waals surface area (Å²) in [5.74, 6) is 1.55. The first-order chi connectivity index (χ1) is 10.6. The van der Waals surface area contributed by atoms with Crippen LogP contribution in [0, 0.1) is 0 Å². The highest BCUT2D eigenvalue weighted by Crippen LogP contribution is 2.28. The molecule has 0 spiro atoms. The minimum Gasteiger partial charge on any atom is -0.493 e. The topological polar surface area (TPSA) is 18.5 Å². The summed E-state index contributed by atoms with van der Waals surface area (Å²) in [6.45, 7) is 10.7. The molecule has 0 atom stereocenters. The molecular weight excluding hydrogens is 272 g/mol. The molecule has 0 fully saturated rings. The number of hydrogen-bond donors (Lipinski definition) is 0. The van der Waals surface area contributed by atoms with Gasteiger partial charge in [0.2, 0.25) is 0 Å². The molecular formula is C20H28O2. The molecule has 1 rings (SSSR count). The highest BCUT2D eigenvalue weighted by Gasteiger charge is 2.04. The minimum absolute atomic E-state index is 0.567. The Morgan fingerprint density at radius 3 is 2.55 bits per heavy atom. The van der Waals surface area contributed by atoms with Crippen LogP contribution in [0.3, 0.4) is 0 Å². The van der Waals surface area contributed by atoms with Gasteiger partial charge in [-0.1, -0.05) is 29.4 Å². The second-order valence-corrected chi connectivity index (χ2v) is 5.66. The van der Waals surface area contributed by atoms with Crippen LogP contribution in [0.2, 0.25) is 0 Å². The first-order valence-electron chi connectivity index (χ1n) is 7.76. The van der Waals surface area contributed by atoms with Crippen molar-refractivity contribution in [3.05, 3.63) is 59.7 Å². The van der Waals surface area contributed by atoms with E-state index in [1.807, 2.05) is 24.3 Å². The predicted molar refractivity (Wildman–Crippen MR) is 94.8 cm³/mol. The summed E-state index contributed by atoms with van der Waals surface area (Å²) in [5, 5.41) is 0. The molecule has 0 saturated heterocycles. The lowest BCUT2D eigenvalue weighted by Crippen LogP contribution is -1.98. The highest BCUT2D eigenvalue weighted by molar-refractivity contribution is 5.43. The van der Waals surface area contributed by atoms with Crippen molar-refractivity contribution in [3.8, 4) is 11.5 Å². The van der Waals surface area contributed by atoms with Gasteiger partial charge in [-0.05, 0) is 63.8 Å². The predicted octanol–water partition coefficient (Wildman–Crippen LogP) is 5.50. The van der Waals surface area contributed by atoms with Crippen molar-refractivity contribution in [2.24, 2.45) is 0 Å². The van der Waals surface area contributed by atoms with Crippen molar-refractivity contribution in [1.29, 1.82) is 0 Å². The van der Waals surface area contributed by atoms with Crippen LogP contribution in [-0.2, 0) is 6.42 Å². The van der Waals surface area contributed by atoms with E-state index in [1.165, 1.54) is 16.7 Å². The van der Waals surface area contributed by atoms with Crippen LogP contribution in [0.4, 0.5) is 0 Å². The van der Waals surface area contributed by atoms with Gasteiger partial charge >= 0.3 is 0 Å². The molecule has 0 aliphatic heterocycles. The summed E-state index contributed by atoms with van der Waals surface area (Å²) in [5.41, 5.74) is 3.89. The van der Waals surface area contributed by atoms with Gasteiger partial charge in [-0.3, -0.25) is 0 Å². The van der Waals surface area contributed by atoms with E-state index in [1.54, 1.807) is 7.11 Å². The lowest BCUT2D eigenvalue weighted by Gasteiger charge is -2.11. The molecule has 0 aromatic heterocycles. The van der Waals surface area contributed by atoms with E-state index in [9.17, 15) is 0 Å². The number of hydrogen-bond acceptors (Lipinski definition) is 2.